The first-order valence-corrected chi connectivity index (χ1v) is 17.8. The molecule has 11 nitrogen and oxygen atoms in total. The third-order valence-electron chi connectivity index (χ3n) is 7.87. The van der Waals surface area contributed by atoms with Gasteiger partial charge >= 0.3 is 12.6 Å². The van der Waals surface area contributed by atoms with Crippen LogP contribution in [0.3, 0.4) is 0 Å². The number of sulfonamides is 1. The van der Waals surface area contributed by atoms with E-state index < -0.39 is 28.7 Å². The summed E-state index contributed by atoms with van der Waals surface area (Å²) in [6.07, 6.45) is 4.56. The second kappa shape index (κ2) is 15.9. The first kappa shape index (κ1) is 35.9. The number of hydrogen-bond acceptors (Lipinski definition) is 10. The number of morpholine rings is 1. The lowest BCUT2D eigenvalue weighted by molar-refractivity contribution is -0.0515. The molecule has 1 saturated heterocycles. The molecule has 16 heteroatoms. The number of ether oxygens (including phenoxy) is 4. The van der Waals surface area contributed by atoms with E-state index in [9.17, 15) is 27.1 Å². The van der Waals surface area contributed by atoms with Gasteiger partial charge in [0.05, 0.1) is 47.4 Å². The number of phenolic OH excluding ortho intramolecular Hbond substituents is 1. The first-order valence-electron chi connectivity index (χ1n) is 15.2. The number of halogens is 4. The van der Waals surface area contributed by atoms with Crippen molar-refractivity contribution in [2.24, 2.45) is 5.92 Å². The predicted molar refractivity (Wildman–Crippen MR) is 175 cm³/mol. The fraction of sp³-hybridized carbons (Fsp3) is 0.438. The summed E-state index contributed by atoms with van der Waals surface area (Å²) < 4.78 is 75.0. The molecular formula is C32H35Cl2F2N3O8S. The van der Waals surface area contributed by atoms with Crippen molar-refractivity contribution in [3.8, 4) is 17.2 Å². The quantitative estimate of drug-likeness (QED) is 0.194. The molecule has 0 amide bonds. The largest absolute Gasteiger partial charge is 0.508 e. The second-order valence-electron chi connectivity index (χ2n) is 11.5. The Morgan fingerprint density at radius 1 is 1.10 bits per heavy atom. The minimum Gasteiger partial charge on any atom is -0.508 e. The molecule has 1 aromatic heterocycles. The van der Waals surface area contributed by atoms with E-state index in [0.717, 1.165) is 29.5 Å². The highest BCUT2D eigenvalue weighted by molar-refractivity contribution is 7.92. The molecule has 1 aliphatic heterocycles. The van der Waals surface area contributed by atoms with Gasteiger partial charge in [0.1, 0.15) is 11.9 Å². The Hall–Kier alpha value is -3.43. The van der Waals surface area contributed by atoms with Crippen LogP contribution in [0.15, 0.2) is 48.8 Å². The van der Waals surface area contributed by atoms with Gasteiger partial charge in [0, 0.05) is 51.1 Å². The normalized spacial score (nSPS) is 16.0. The number of hydrogen-bond donors (Lipinski definition) is 1. The number of rotatable bonds is 15. The smallest absolute Gasteiger partial charge is 0.387 e. The molecule has 1 atom stereocenters. The van der Waals surface area contributed by atoms with Crippen LogP contribution in [0.1, 0.15) is 40.4 Å². The van der Waals surface area contributed by atoms with Gasteiger partial charge < -0.3 is 24.1 Å². The molecule has 0 spiro atoms. The van der Waals surface area contributed by atoms with E-state index in [2.05, 4.69) is 14.6 Å². The molecule has 48 heavy (non-hydrogen) atoms. The van der Waals surface area contributed by atoms with E-state index in [0.29, 0.717) is 56.5 Å². The Balaban J connectivity index is 1.46. The van der Waals surface area contributed by atoms with Crippen LogP contribution in [0, 0.1) is 5.92 Å². The maximum absolute atomic E-state index is 13.7. The Kier molecular flexibility index (Phi) is 11.8. The average molecular weight is 731 g/mol. The highest BCUT2D eigenvalue weighted by Crippen LogP contribution is 2.38. The summed E-state index contributed by atoms with van der Waals surface area (Å²) >= 11 is 12.8. The summed E-state index contributed by atoms with van der Waals surface area (Å²) in [5, 5.41) is 11.0. The van der Waals surface area contributed by atoms with Crippen molar-refractivity contribution >= 4 is 44.9 Å². The van der Waals surface area contributed by atoms with Gasteiger partial charge in [0.2, 0.25) is 10.0 Å². The van der Waals surface area contributed by atoms with Crippen LogP contribution in [-0.4, -0.2) is 88.2 Å². The van der Waals surface area contributed by atoms with Crippen LogP contribution in [0.4, 0.5) is 14.5 Å². The summed E-state index contributed by atoms with van der Waals surface area (Å²) in [7, 11) is -3.82. The molecule has 1 aliphatic carbocycles. The summed E-state index contributed by atoms with van der Waals surface area (Å²) in [5.41, 5.74) is 0.689. The zero-order chi connectivity index (χ0) is 34.4. The maximum atomic E-state index is 13.7. The van der Waals surface area contributed by atoms with Crippen LogP contribution >= 0.6 is 23.2 Å². The van der Waals surface area contributed by atoms with Crippen molar-refractivity contribution in [2.45, 2.75) is 32.0 Å². The number of nitrogens with zero attached hydrogens (tertiary/aromatic N) is 3. The molecule has 3 aromatic rings. The van der Waals surface area contributed by atoms with Gasteiger partial charge in [-0.15, -0.1) is 0 Å². The molecular weight excluding hydrogens is 695 g/mol. The fourth-order valence-electron chi connectivity index (χ4n) is 5.17. The van der Waals surface area contributed by atoms with Gasteiger partial charge in [-0.3, -0.25) is 14.2 Å². The molecule has 2 heterocycles. The zero-order valence-electron chi connectivity index (χ0n) is 26.0. The van der Waals surface area contributed by atoms with Gasteiger partial charge in [0.25, 0.3) is 0 Å². The first-order chi connectivity index (χ1) is 22.9. The maximum Gasteiger partial charge on any atom is 0.387 e. The predicted octanol–water partition coefficient (Wildman–Crippen LogP) is 5.72. The Bertz CT molecular complexity index is 1690. The summed E-state index contributed by atoms with van der Waals surface area (Å²) in [4.78, 5) is 19.8. The highest BCUT2D eigenvalue weighted by atomic mass is 35.5. The lowest BCUT2D eigenvalue weighted by Crippen LogP contribution is -2.43. The molecule has 5 rings (SSSR count). The van der Waals surface area contributed by atoms with E-state index in [1.54, 1.807) is 0 Å². The van der Waals surface area contributed by atoms with E-state index in [4.69, 9.17) is 37.4 Å². The monoisotopic (exact) mass is 729 g/mol. The van der Waals surface area contributed by atoms with Crippen molar-refractivity contribution in [3.63, 3.8) is 0 Å². The number of benzene rings is 2. The van der Waals surface area contributed by atoms with Crippen LogP contribution in [0.25, 0.3) is 0 Å². The Labute approximate surface area is 287 Å². The molecule has 1 saturated carbocycles. The topological polar surface area (TPSA) is 128 Å². The number of carbonyl (C=O) groups is 1. The van der Waals surface area contributed by atoms with Crippen LogP contribution < -0.4 is 13.8 Å². The van der Waals surface area contributed by atoms with Gasteiger partial charge in [0.15, 0.2) is 11.5 Å². The molecule has 2 fully saturated rings. The number of alkyl halides is 2. The number of pyridine rings is 1. The average Bonchev–Trinajstić information content (AvgIpc) is 3.86. The Morgan fingerprint density at radius 3 is 2.46 bits per heavy atom. The van der Waals surface area contributed by atoms with Crippen molar-refractivity contribution in [3.05, 3.63) is 75.5 Å². The molecule has 2 aliphatic rings. The van der Waals surface area contributed by atoms with Crippen molar-refractivity contribution in [2.75, 3.05) is 56.6 Å². The zero-order valence-corrected chi connectivity index (χ0v) is 28.3. The SMILES string of the molecule is CS(=O)(=O)N(CCN1CCOCC1)c1cc(O)cc(C(=O)OC(Cc2c(Cl)cncc2Cl)c2ccc(OC(F)F)c(OCC3CC3)c2)c1. The minimum atomic E-state index is -3.82. The Morgan fingerprint density at radius 2 is 1.81 bits per heavy atom. The lowest BCUT2D eigenvalue weighted by atomic mass is 10.0. The third kappa shape index (κ3) is 9.82. The van der Waals surface area contributed by atoms with E-state index in [-0.39, 0.29) is 51.5 Å². The van der Waals surface area contributed by atoms with Gasteiger partial charge in [-0.2, -0.15) is 8.78 Å². The number of carbonyl (C=O) groups excluding carboxylic acids is 1. The number of phenols is 1. The summed E-state index contributed by atoms with van der Waals surface area (Å²) in [6.45, 7) is 0.0248. The number of anilines is 1. The number of aromatic hydroxyl groups is 1. The van der Waals surface area contributed by atoms with Crippen LogP contribution in [0.5, 0.6) is 17.2 Å². The van der Waals surface area contributed by atoms with Crippen molar-refractivity contribution < 1.29 is 46.0 Å². The number of aromatic nitrogens is 1. The van der Waals surface area contributed by atoms with E-state index >= 15 is 0 Å². The minimum absolute atomic E-state index is 0.0383. The van der Waals surface area contributed by atoms with Crippen molar-refractivity contribution in [1.29, 1.82) is 0 Å². The molecule has 1 unspecified atom stereocenters. The van der Waals surface area contributed by atoms with E-state index in [1.165, 1.54) is 42.7 Å². The molecule has 0 bridgehead atoms. The third-order valence-corrected chi connectivity index (χ3v) is 9.71. The summed E-state index contributed by atoms with van der Waals surface area (Å²) in [6, 6.07) is 7.91. The highest BCUT2D eigenvalue weighted by Gasteiger charge is 2.28. The second-order valence-corrected chi connectivity index (χ2v) is 14.3. The van der Waals surface area contributed by atoms with Crippen LogP contribution in [-0.2, 0) is 25.9 Å². The standard InChI is InChI=1S/C32H35Cl2F2N3O8S/c1-48(42,43)39(7-6-38-8-10-44-11-9-38)23-12-22(13-24(40)15-23)31(41)46-29(16-25-26(33)17-37-18-27(25)34)21-4-5-28(47-32(35)36)30(14-21)45-19-20-2-3-20/h4-5,12-15,17-18,20,29,32,40H,2-3,6-11,16,19H2,1H3. The summed E-state index contributed by atoms with van der Waals surface area (Å²) in [5.74, 6) is -1.11. The van der Waals surface area contributed by atoms with Crippen molar-refractivity contribution in [1.82, 2.24) is 9.88 Å². The van der Waals surface area contributed by atoms with Crippen LogP contribution in [0.2, 0.25) is 10.0 Å². The fourth-order valence-corrected chi connectivity index (χ4v) is 6.59. The molecule has 0 radical (unpaired) electrons. The number of esters is 1. The van der Waals surface area contributed by atoms with Gasteiger partial charge in [-0.05, 0) is 54.2 Å². The molecule has 260 valence electrons. The van der Waals surface area contributed by atoms with Gasteiger partial charge in [-0.1, -0.05) is 29.3 Å². The lowest BCUT2D eigenvalue weighted by Gasteiger charge is -2.30. The van der Waals surface area contributed by atoms with E-state index in [1.807, 2.05) is 0 Å². The van der Waals surface area contributed by atoms with Gasteiger partial charge in [-0.25, -0.2) is 13.2 Å². The molecule has 2 aromatic carbocycles. The molecule has 1 N–H and O–H groups in total.